The summed E-state index contributed by atoms with van der Waals surface area (Å²) in [7, 11) is -1.69. The average Bonchev–Trinajstić information content (AvgIpc) is 3.59. The van der Waals surface area contributed by atoms with E-state index in [1.54, 1.807) is 44.4 Å². The molecule has 0 radical (unpaired) electrons. The summed E-state index contributed by atoms with van der Waals surface area (Å²) in [6, 6.07) is 16.1. The topological polar surface area (TPSA) is 102 Å². The van der Waals surface area contributed by atoms with Crippen molar-refractivity contribution < 1.29 is 22.7 Å². The molecule has 1 amide bonds. The van der Waals surface area contributed by atoms with Crippen molar-refractivity contribution in [1.29, 1.82) is 0 Å². The van der Waals surface area contributed by atoms with E-state index >= 15 is 0 Å². The van der Waals surface area contributed by atoms with Gasteiger partial charge in [0, 0.05) is 50.0 Å². The van der Waals surface area contributed by atoms with Gasteiger partial charge in [0.25, 0.3) is 0 Å². The van der Waals surface area contributed by atoms with Crippen LogP contribution in [0, 0.1) is 0 Å². The third-order valence-electron chi connectivity index (χ3n) is 7.24. The minimum absolute atomic E-state index is 0.0662. The Bertz CT molecular complexity index is 1670. The molecular formula is C27H26N4O5S2. The van der Waals surface area contributed by atoms with Crippen LogP contribution in [-0.4, -0.2) is 62.2 Å². The zero-order chi connectivity index (χ0) is 26.7. The fraction of sp³-hybridized carbons (Fsp3) is 0.296. The summed E-state index contributed by atoms with van der Waals surface area (Å²) in [5.74, 6) is 1.81. The standard InChI is InChI=1S/C27H26N4O5S2/c1-17(32)30-13-12-27(15-30)16-31(26-28-22-9-11-24(35-2)29-25(22)37-26)23-10-6-19(14-21(23)27)36-18-4-7-20(8-5-18)38(3,33)34/h4-11,14H,12-13,15-16H2,1-3H3. The predicted octanol–water partition coefficient (Wildman–Crippen LogP) is 4.54. The number of nitrogens with zero attached hydrogens (tertiary/aromatic N) is 4. The normalized spacial score (nSPS) is 18.8. The van der Waals surface area contributed by atoms with Gasteiger partial charge in [-0.2, -0.15) is 0 Å². The molecule has 1 fully saturated rings. The maximum absolute atomic E-state index is 12.2. The molecule has 1 unspecified atom stereocenters. The Labute approximate surface area is 224 Å². The summed E-state index contributed by atoms with van der Waals surface area (Å²) in [4.78, 5) is 26.8. The molecule has 0 aliphatic carbocycles. The number of rotatable bonds is 5. The van der Waals surface area contributed by atoms with Gasteiger partial charge in [-0.25, -0.2) is 18.4 Å². The third-order valence-corrected chi connectivity index (χ3v) is 9.35. The second-order valence-electron chi connectivity index (χ2n) is 9.76. The van der Waals surface area contributed by atoms with Gasteiger partial charge in [-0.05, 0) is 60.5 Å². The van der Waals surface area contributed by atoms with Crippen LogP contribution in [-0.2, 0) is 20.0 Å². The number of methoxy groups -OCH3 is 1. The molecular weight excluding hydrogens is 524 g/mol. The first-order chi connectivity index (χ1) is 18.1. The zero-order valence-corrected chi connectivity index (χ0v) is 22.8. The molecule has 9 nitrogen and oxygen atoms in total. The quantitative estimate of drug-likeness (QED) is 0.357. The Kier molecular flexibility index (Phi) is 5.80. The van der Waals surface area contributed by atoms with E-state index in [0.29, 0.717) is 37.0 Å². The van der Waals surface area contributed by atoms with Crippen molar-refractivity contribution in [3.05, 3.63) is 60.2 Å². The Morgan fingerprint density at radius 1 is 1.03 bits per heavy atom. The molecule has 0 bridgehead atoms. The lowest BCUT2D eigenvalue weighted by molar-refractivity contribution is -0.127. The van der Waals surface area contributed by atoms with Gasteiger partial charge in [-0.3, -0.25) is 4.79 Å². The van der Waals surface area contributed by atoms with E-state index in [1.807, 2.05) is 29.2 Å². The van der Waals surface area contributed by atoms with E-state index in [4.69, 9.17) is 14.5 Å². The van der Waals surface area contributed by atoms with Crippen LogP contribution >= 0.6 is 11.3 Å². The number of aromatic nitrogens is 2. The summed E-state index contributed by atoms with van der Waals surface area (Å²) < 4.78 is 35.0. The number of anilines is 2. The van der Waals surface area contributed by atoms with Crippen molar-refractivity contribution in [2.75, 3.05) is 37.9 Å². The van der Waals surface area contributed by atoms with Crippen LogP contribution in [0.2, 0.25) is 0 Å². The van der Waals surface area contributed by atoms with E-state index in [-0.39, 0.29) is 16.2 Å². The van der Waals surface area contributed by atoms with Crippen LogP contribution in [0.5, 0.6) is 17.4 Å². The number of carbonyl (C=O) groups is 1. The molecule has 1 saturated heterocycles. The fourth-order valence-corrected chi connectivity index (χ4v) is 6.86. The molecule has 2 aliphatic rings. The van der Waals surface area contributed by atoms with Crippen LogP contribution in [0.25, 0.3) is 10.3 Å². The minimum atomic E-state index is -3.28. The van der Waals surface area contributed by atoms with E-state index in [9.17, 15) is 13.2 Å². The van der Waals surface area contributed by atoms with Gasteiger partial charge in [0.2, 0.25) is 11.8 Å². The Balaban J connectivity index is 1.38. The smallest absolute Gasteiger partial charge is 0.219 e. The molecule has 2 aliphatic heterocycles. The number of pyridine rings is 1. The second kappa shape index (κ2) is 8.95. The molecule has 11 heteroatoms. The Hall–Kier alpha value is -3.70. The number of benzene rings is 2. The highest BCUT2D eigenvalue weighted by Crippen LogP contribution is 2.51. The van der Waals surface area contributed by atoms with E-state index in [0.717, 1.165) is 33.2 Å². The first kappa shape index (κ1) is 24.6. The van der Waals surface area contributed by atoms with Crippen LogP contribution in [0.15, 0.2) is 59.5 Å². The first-order valence-corrected chi connectivity index (χ1v) is 14.8. The number of amides is 1. The first-order valence-electron chi connectivity index (χ1n) is 12.1. The summed E-state index contributed by atoms with van der Waals surface area (Å²) >= 11 is 1.51. The number of hydrogen-bond donors (Lipinski definition) is 0. The molecule has 4 aromatic rings. The number of ether oxygens (including phenoxy) is 2. The van der Waals surface area contributed by atoms with Gasteiger partial charge in [0.05, 0.1) is 12.0 Å². The van der Waals surface area contributed by atoms with Crippen LogP contribution in [0.4, 0.5) is 10.8 Å². The number of hydrogen-bond acceptors (Lipinski definition) is 9. The molecule has 196 valence electrons. The lowest BCUT2D eigenvalue weighted by Gasteiger charge is -2.25. The maximum atomic E-state index is 12.2. The van der Waals surface area contributed by atoms with E-state index in [1.165, 1.54) is 17.6 Å². The van der Waals surface area contributed by atoms with E-state index in [2.05, 4.69) is 9.88 Å². The molecule has 1 atom stereocenters. The molecule has 2 aromatic heterocycles. The highest BCUT2D eigenvalue weighted by molar-refractivity contribution is 7.90. The SMILES string of the molecule is COc1ccc2nc(N3CC4(CCN(C(C)=O)C4)c4cc(Oc5ccc(S(C)(=O)=O)cc5)ccc43)sc2n1. The molecule has 4 heterocycles. The molecule has 1 spiro atoms. The number of likely N-dealkylation sites (tertiary alicyclic amines) is 1. The Morgan fingerprint density at radius 2 is 1.79 bits per heavy atom. The average molecular weight is 551 g/mol. The molecule has 0 N–H and O–H groups in total. The monoisotopic (exact) mass is 550 g/mol. The third kappa shape index (κ3) is 4.25. The van der Waals surface area contributed by atoms with E-state index < -0.39 is 9.84 Å². The lowest BCUT2D eigenvalue weighted by atomic mass is 9.81. The van der Waals surface area contributed by atoms with Crippen molar-refractivity contribution in [2.24, 2.45) is 0 Å². The highest BCUT2D eigenvalue weighted by Gasteiger charge is 2.49. The van der Waals surface area contributed by atoms with Crippen LogP contribution in [0.3, 0.4) is 0 Å². The van der Waals surface area contributed by atoms with Crippen molar-refractivity contribution in [1.82, 2.24) is 14.9 Å². The van der Waals surface area contributed by atoms with Gasteiger partial charge in [0.15, 0.2) is 15.0 Å². The summed E-state index contributed by atoms with van der Waals surface area (Å²) in [6.45, 7) is 3.61. The maximum Gasteiger partial charge on any atom is 0.219 e. The van der Waals surface area contributed by atoms with Gasteiger partial charge in [-0.15, -0.1) is 0 Å². The van der Waals surface area contributed by atoms with Crippen LogP contribution < -0.4 is 14.4 Å². The zero-order valence-electron chi connectivity index (χ0n) is 21.2. The summed E-state index contributed by atoms with van der Waals surface area (Å²) in [5.41, 5.74) is 2.68. The molecule has 0 saturated carbocycles. The Morgan fingerprint density at radius 3 is 2.47 bits per heavy atom. The molecule has 6 rings (SSSR count). The number of fused-ring (bicyclic) bond motifs is 3. The number of thiazole rings is 1. The van der Waals surface area contributed by atoms with Gasteiger partial charge >= 0.3 is 0 Å². The van der Waals surface area contributed by atoms with Gasteiger partial charge in [0.1, 0.15) is 21.8 Å². The van der Waals surface area contributed by atoms with Crippen molar-refractivity contribution in [3.63, 3.8) is 0 Å². The summed E-state index contributed by atoms with van der Waals surface area (Å²) in [6.07, 6.45) is 2.01. The van der Waals surface area contributed by atoms with Crippen molar-refractivity contribution in [2.45, 2.75) is 23.7 Å². The van der Waals surface area contributed by atoms with Crippen LogP contribution in [0.1, 0.15) is 18.9 Å². The molecule has 38 heavy (non-hydrogen) atoms. The summed E-state index contributed by atoms with van der Waals surface area (Å²) in [5, 5.41) is 0.838. The fourth-order valence-electron chi connectivity index (χ4n) is 5.28. The van der Waals surface area contributed by atoms with Gasteiger partial charge < -0.3 is 19.3 Å². The van der Waals surface area contributed by atoms with Crippen molar-refractivity contribution in [3.8, 4) is 17.4 Å². The lowest BCUT2D eigenvalue weighted by Crippen LogP contribution is -2.36. The largest absolute Gasteiger partial charge is 0.481 e. The van der Waals surface area contributed by atoms with Gasteiger partial charge in [-0.1, -0.05) is 11.3 Å². The minimum Gasteiger partial charge on any atom is -0.481 e. The van der Waals surface area contributed by atoms with Crippen molar-refractivity contribution >= 4 is 48.2 Å². The number of carbonyl (C=O) groups excluding carboxylic acids is 1. The predicted molar refractivity (Wildman–Crippen MR) is 146 cm³/mol. The number of sulfone groups is 1. The highest BCUT2D eigenvalue weighted by atomic mass is 32.2. The second-order valence-corrected chi connectivity index (χ2v) is 12.7. The molecule has 2 aromatic carbocycles.